The summed E-state index contributed by atoms with van der Waals surface area (Å²) >= 11 is 2.67. The first-order valence-corrected chi connectivity index (χ1v) is 13.5. The number of methoxy groups -OCH3 is 1. The summed E-state index contributed by atoms with van der Waals surface area (Å²) < 4.78 is 5.04. The Balaban J connectivity index is 1.58. The quantitative estimate of drug-likeness (QED) is 0.388. The first-order chi connectivity index (χ1) is 16.9. The Labute approximate surface area is 213 Å². The lowest BCUT2D eigenvalue weighted by atomic mass is 9.82. The highest BCUT2D eigenvalue weighted by Gasteiger charge is 2.31. The van der Waals surface area contributed by atoms with E-state index in [1.807, 2.05) is 37.3 Å². The molecule has 0 radical (unpaired) electrons. The average Bonchev–Trinajstić information content (AvgIpc) is 3.56. The number of ether oxygens (including phenoxy) is 1. The summed E-state index contributed by atoms with van der Waals surface area (Å²) in [7, 11) is 1.35. The molecule has 1 aromatic carbocycles. The molecule has 184 valence electrons. The normalized spacial score (nSPS) is 17.6. The van der Waals surface area contributed by atoms with E-state index in [2.05, 4.69) is 17.2 Å². The molecule has 2 aromatic heterocycles. The zero-order chi connectivity index (χ0) is 24.9. The fourth-order valence-corrected chi connectivity index (χ4v) is 5.99. The molecule has 1 aliphatic carbocycles. The maximum Gasteiger partial charge on any atom is 0.350 e. The number of hydrogen-bond donors (Lipinski definition) is 1. The van der Waals surface area contributed by atoms with Crippen molar-refractivity contribution in [1.29, 1.82) is 0 Å². The van der Waals surface area contributed by atoms with Crippen LogP contribution in [0.4, 0.5) is 11.4 Å². The molecule has 35 heavy (non-hydrogen) atoms. The van der Waals surface area contributed by atoms with Gasteiger partial charge >= 0.3 is 5.97 Å². The molecule has 0 aliphatic heterocycles. The number of amides is 2. The number of rotatable bonds is 7. The third kappa shape index (κ3) is 5.62. The van der Waals surface area contributed by atoms with Crippen LogP contribution in [0.15, 0.2) is 41.2 Å². The largest absolute Gasteiger partial charge is 0.465 e. The Kier molecular flexibility index (Phi) is 7.97. The van der Waals surface area contributed by atoms with Gasteiger partial charge in [-0.25, -0.2) is 9.78 Å². The van der Waals surface area contributed by atoms with Crippen LogP contribution < -0.4 is 10.2 Å². The van der Waals surface area contributed by atoms with Crippen molar-refractivity contribution in [3.05, 3.63) is 51.8 Å². The summed E-state index contributed by atoms with van der Waals surface area (Å²) in [5.74, 6) is 0.00267. The molecule has 7 nitrogen and oxygen atoms in total. The summed E-state index contributed by atoms with van der Waals surface area (Å²) in [6, 6.07) is 9.28. The minimum atomic E-state index is -0.452. The molecule has 1 aliphatic rings. The molecular formula is C26H29N3O4S2. The van der Waals surface area contributed by atoms with E-state index in [0.717, 1.165) is 36.1 Å². The third-order valence-corrected chi connectivity index (χ3v) is 8.15. The van der Waals surface area contributed by atoms with Gasteiger partial charge in [0.05, 0.1) is 18.3 Å². The SMILES string of the molecule is CCN(c1cc(-c2ccc(NC(=O)c3cscn3)cc2)sc1C(=O)OC)C(=O)[C@H]1CC[C@H](C)CC1. The Morgan fingerprint density at radius 2 is 1.86 bits per heavy atom. The van der Waals surface area contributed by atoms with E-state index in [1.54, 1.807) is 15.8 Å². The molecule has 2 heterocycles. The molecule has 1 saturated carbocycles. The second-order valence-corrected chi connectivity index (χ2v) is 10.5. The van der Waals surface area contributed by atoms with Gasteiger partial charge in [-0.1, -0.05) is 19.1 Å². The Bertz CT molecular complexity index is 1180. The van der Waals surface area contributed by atoms with Gasteiger partial charge in [0.15, 0.2) is 0 Å². The van der Waals surface area contributed by atoms with Gasteiger partial charge in [0.2, 0.25) is 5.91 Å². The number of carbonyl (C=O) groups excluding carboxylic acids is 3. The molecule has 0 bridgehead atoms. The molecule has 3 aromatic rings. The molecule has 4 rings (SSSR count). The van der Waals surface area contributed by atoms with E-state index >= 15 is 0 Å². The second-order valence-electron chi connectivity index (χ2n) is 8.76. The van der Waals surface area contributed by atoms with Crippen molar-refractivity contribution in [2.24, 2.45) is 11.8 Å². The average molecular weight is 512 g/mol. The number of carbonyl (C=O) groups is 3. The Hall–Kier alpha value is -3.04. The first kappa shape index (κ1) is 25.1. The van der Waals surface area contributed by atoms with E-state index < -0.39 is 5.97 Å². The highest BCUT2D eigenvalue weighted by Crippen LogP contribution is 2.39. The number of esters is 1. The van der Waals surface area contributed by atoms with Crippen molar-refractivity contribution in [3.63, 3.8) is 0 Å². The lowest BCUT2D eigenvalue weighted by Crippen LogP contribution is -2.38. The maximum absolute atomic E-state index is 13.4. The molecule has 2 amide bonds. The summed E-state index contributed by atoms with van der Waals surface area (Å²) in [5.41, 5.74) is 4.12. The van der Waals surface area contributed by atoms with Crippen molar-refractivity contribution in [2.75, 3.05) is 23.9 Å². The van der Waals surface area contributed by atoms with E-state index in [-0.39, 0.29) is 17.7 Å². The minimum Gasteiger partial charge on any atom is -0.465 e. The number of thiazole rings is 1. The zero-order valence-electron chi connectivity index (χ0n) is 20.1. The van der Waals surface area contributed by atoms with Gasteiger partial charge in [0.1, 0.15) is 10.6 Å². The van der Waals surface area contributed by atoms with Crippen LogP contribution in [0.1, 0.15) is 59.7 Å². The topological polar surface area (TPSA) is 88.6 Å². The van der Waals surface area contributed by atoms with Crippen LogP contribution in [0.5, 0.6) is 0 Å². The highest BCUT2D eigenvalue weighted by molar-refractivity contribution is 7.18. The minimum absolute atomic E-state index is 0.0133. The number of anilines is 2. The van der Waals surface area contributed by atoms with E-state index in [9.17, 15) is 14.4 Å². The van der Waals surface area contributed by atoms with E-state index in [1.165, 1.54) is 29.8 Å². The van der Waals surface area contributed by atoms with E-state index in [0.29, 0.717) is 34.4 Å². The Morgan fingerprint density at radius 1 is 1.14 bits per heavy atom. The highest BCUT2D eigenvalue weighted by atomic mass is 32.1. The smallest absolute Gasteiger partial charge is 0.350 e. The predicted molar refractivity (Wildman–Crippen MR) is 140 cm³/mol. The molecule has 9 heteroatoms. The van der Waals surface area contributed by atoms with Gasteiger partial charge in [0.25, 0.3) is 5.91 Å². The molecular weight excluding hydrogens is 482 g/mol. The number of aromatic nitrogens is 1. The number of nitrogens with one attached hydrogen (secondary N) is 1. The fraction of sp³-hybridized carbons (Fsp3) is 0.385. The van der Waals surface area contributed by atoms with Crippen molar-refractivity contribution >= 4 is 51.8 Å². The fourth-order valence-electron chi connectivity index (χ4n) is 4.37. The molecule has 0 saturated heterocycles. The number of thiophene rings is 1. The van der Waals surface area contributed by atoms with Crippen LogP contribution in [-0.4, -0.2) is 36.4 Å². The zero-order valence-corrected chi connectivity index (χ0v) is 21.7. The standard InChI is InChI=1S/C26H29N3O4S2/c1-4-29(25(31)18-7-5-16(2)6-8-18)21-13-22(35-23(21)26(32)33-3)17-9-11-19(12-10-17)28-24(30)20-14-34-15-27-20/h9-16,18H,4-8H2,1-3H3,(H,28,30)/t16-,18-. The van der Waals surface area contributed by atoms with Gasteiger partial charge in [-0.3, -0.25) is 9.59 Å². The van der Waals surface area contributed by atoms with Crippen molar-refractivity contribution in [2.45, 2.75) is 39.5 Å². The van der Waals surface area contributed by atoms with Gasteiger partial charge < -0.3 is 15.0 Å². The number of hydrogen-bond acceptors (Lipinski definition) is 7. The summed E-state index contributed by atoms with van der Waals surface area (Å²) in [4.78, 5) is 45.3. The van der Waals surface area contributed by atoms with Gasteiger partial charge in [-0.2, -0.15) is 0 Å². The third-order valence-electron chi connectivity index (χ3n) is 6.41. The number of nitrogens with zero attached hydrogens (tertiary/aromatic N) is 2. The lowest BCUT2D eigenvalue weighted by Gasteiger charge is -2.30. The second kappa shape index (κ2) is 11.1. The van der Waals surface area contributed by atoms with Crippen LogP contribution in [0, 0.1) is 11.8 Å². The van der Waals surface area contributed by atoms with Crippen LogP contribution >= 0.6 is 22.7 Å². The van der Waals surface area contributed by atoms with Crippen LogP contribution in [0.3, 0.4) is 0 Å². The molecule has 0 spiro atoms. The Morgan fingerprint density at radius 3 is 2.46 bits per heavy atom. The predicted octanol–water partition coefficient (Wildman–Crippen LogP) is 6.09. The molecule has 0 unspecified atom stereocenters. The lowest BCUT2D eigenvalue weighted by molar-refractivity contribution is -0.123. The molecule has 0 atom stereocenters. The first-order valence-electron chi connectivity index (χ1n) is 11.7. The van der Waals surface area contributed by atoms with Gasteiger partial charge in [-0.05, 0) is 62.3 Å². The number of benzene rings is 1. The summed E-state index contributed by atoms with van der Waals surface area (Å²) in [5, 5.41) is 4.52. The van der Waals surface area contributed by atoms with Crippen LogP contribution in [0.2, 0.25) is 0 Å². The van der Waals surface area contributed by atoms with E-state index in [4.69, 9.17) is 4.74 Å². The van der Waals surface area contributed by atoms with Crippen LogP contribution in [0.25, 0.3) is 10.4 Å². The summed E-state index contributed by atoms with van der Waals surface area (Å²) in [6.07, 6.45) is 3.88. The van der Waals surface area contributed by atoms with Crippen LogP contribution in [-0.2, 0) is 9.53 Å². The van der Waals surface area contributed by atoms with Crippen molar-refractivity contribution in [3.8, 4) is 10.4 Å². The van der Waals surface area contributed by atoms with Gasteiger partial charge in [-0.15, -0.1) is 22.7 Å². The molecule has 1 N–H and O–H groups in total. The van der Waals surface area contributed by atoms with Gasteiger partial charge in [0, 0.05) is 28.4 Å². The molecule has 1 fully saturated rings. The van der Waals surface area contributed by atoms with Crippen molar-refractivity contribution in [1.82, 2.24) is 4.98 Å². The summed E-state index contributed by atoms with van der Waals surface area (Å²) in [6.45, 7) is 4.64. The maximum atomic E-state index is 13.4. The van der Waals surface area contributed by atoms with Crippen molar-refractivity contribution < 1.29 is 19.1 Å². The monoisotopic (exact) mass is 511 g/mol.